The molecule has 0 heterocycles. The summed E-state index contributed by atoms with van der Waals surface area (Å²) in [7, 11) is 0. The van der Waals surface area contributed by atoms with Crippen molar-refractivity contribution < 1.29 is 4.39 Å². The van der Waals surface area contributed by atoms with Crippen LogP contribution in [0.3, 0.4) is 0 Å². The Labute approximate surface area is 85.3 Å². The Morgan fingerprint density at radius 2 is 2.07 bits per heavy atom. The van der Waals surface area contributed by atoms with E-state index in [2.05, 4.69) is 26.1 Å². The zero-order chi connectivity index (χ0) is 10.6. The molecule has 0 saturated carbocycles. The molecule has 1 N–H and O–H groups in total. The fourth-order valence-electron chi connectivity index (χ4n) is 1.34. The number of anilines is 1. The molecule has 1 nitrogen and oxygen atoms in total. The molecule has 0 aliphatic carbocycles. The van der Waals surface area contributed by atoms with E-state index in [0.29, 0.717) is 12.0 Å². The van der Waals surface area contributed by atoms with Gasteiger partial charge < -0.3 is 5.32 Å². The SMILES string of the molecule is CCC(C)C(C)Nc1cccc(F)c1. The normalized spacial score (nSPS) is 14.9. The number of nitrogens with one attached hydrogen (secondary N) is 1. The fraction of sp³-hybridized carbons (Fsp3) is 0.500. The van der Waals surface area contributed by atoms with Gasteiger partial charge in [0.2, 0.25) is 0 Å². The lowest BCUT2D eigenvalue weighted by molar-refractivity contribution is 0.494. The zero-order valence-corrected chi connectivity index (χ0v) is 9.05. The minimum atomic E-state index is -0.189. The monoisotopic (exact) mass is 195 g/mol. The zero-order valence-electron chi connectivity index (χ0n) is 9.05. The highest BCUT2D eigenvalue weighted by Gasteiger charge is 2.09. The first kappa shape index (κ1) is 11.0. The molecular formula is C12H18FN. The smallest absolute Gasteiger partial charge is 0.125 e. The van der Waals surface area contributed by atoms with Crippen molar-refractivity contribution in [2.75, 3.05) is 5.32 Å². The summed E-state index contributed by atoms with van der Waals surface area (Å²) >= 11 is 0. The van der Waals surface area contributed by atoms with Gasteiger partial charge in [0.15, 0.2) is 0 Å². The van der Waals surface area contributed by atoms with E-state index >= 15 is 0 Å². The van der Waals surface area contributed by atoms with E-state index in [-0.39, 0.29) is 5.82 Å². The van der Waals surface area contributed by atoms with Crippen LogP contribution in [0.2, 0.25) is 0 Å². The van der Waals surface area contributed by atoms with Crippen LogP contribution in [-0.4, -0.2) is 6.04 Å². The van der Waals surface area contributed by atoms with E-state index in [1.54, 1.807) is 6.07 Å². The molecule has 1 aromatic rings. The molecule has 0 fully saturated rings. The van der Waals surface area contributed by atoms with Crippen molar-refractivity contribution in [3.63, 3.8) is 0 Å². The van der Waals surface area contributed by atoms with Gasteiger partial charge in [-0.1, -0.05) is 26.3 Å². The van der Waals surface area contributed by atoms with Crippen LogP contribution in [-0.2, 0) is 0 Å². The predicted octanol–water partition coefficient (Wildman–Crippen LogP) is 3.67. The highest BCUT2D eigenvalue weighted by Crippen LogP contribution is 2.15. The van der Waals surface area contributed by atoms with Gasteiger partial charge in [0.1, 0.15) is 5.82 Å². The summed E-state index contributed by atoms with van der Waals surface area (Å²) in [6.07, 6.45) is 1.13. The van der Waals surface area contributed by atoms with Gasteiger partial charge in [0.25, 0.3) is 0 Å². The lowest BCUT2D eigenvalue weighted by Gasteiger charge is -2.20. The van der Waals surface area contributed by atoms with E-state index in [4.69, 9.17) is 0 Å². The largest absolute Gasteiger partial charge is 0.382 e. The Bertz CT molecular complexity index is 285. The third kappa shape index (κ3) is 3.02. The summed E-state index contributed by atoms with van der Waals surface area (Å²) in [5, 5.41) is 3.29. The van der Waals surface area contributed by atoms with E-state index < -0.39 is 0 Å². The molecule has 14 heavy (non-hydrogen) atoms. The molecule has 0 saturated heterocycles. The first-order chi connectivity index (χ1) is 6.63. The van der Waals surface area contributed by atoms with Crippen molar-refractivity contribution in [3.05, 3.63) is 30.1 Å². The van der Waals surface area contributed by atoms with Gasteiger partial charge in [-0.15, -0.1) is 0 Å². The number of rotatable bonds is 4. The Kier molecular flexibility index (Phi) is 3.93. The first-order valence-corrected chi connectivity index (χ1v) is 5.15. The summed E-state index contributed by atoms with van der Waals surface area (Å²) in [6, 6.07) is 6.97. The van der Waals surface area contributed by atoms with E-state index in [9.17, 15) is 4.39 Å². The second kappa shape index (κ2) is 4.99. The highest BCUT2D eigenvalue weighted by molar-refractivity contribution is 5.43. The molecule has 2 atom stereocenters. The summed E-state index contributed by atoms with van der Waals surface area (Å²) in [5.74, 6) is 0.407. The maximum absolute atomic E-state index is 12.9. The van der Waals surface area contributed by atoms with Crippen LogP contribution < -0.4 is 5.32 Å². The van der Waals surface area contributed by atoms with Crippen molar-refractivity contribution in [1.29, 1.82) is 0 Å². The molecule has 0 aliphatic heterocycles. The van der Waals surface area contributed by atoms with Gasteiger partial charge in [0.05, 0.1) is 0 Å². The predicted molar refractivity (Wildman–Crippen MR) is 58.9 cm³/mol. The van der Waals surface area contributed by atoms with Crippen LogP contribution >= 0.6 is 0 Å². The minimum Gasteiger partial charge on any atom is -0.382 e. The molecule has 0 radical (unpaired) electrons. The Balaban J connectivity index is 2.60. The van der Waals surface area contributed by atoms with Crippen molar-refractivity contribution in [2.24, 2.45) is 5.92 Å². The average molecular weight is 195 g/mol. The maximum Gasteiger partial charge on any atom is 0.125 e. The molecular weight excluding hydrogens is 177 g/mol. The van der Waals surface area contributed by atoms with Crippen LogP contribution in [0.5, 0.6) is 0 Å². The van der Waals surface area contributed by atoms with E-state index in [0.717, 1.165) is 12.1 Å². The lowest BCUT2D eigenvalue weighted by Crippen LogP contribution is -2.23. The van der Waals surface area contributed by atoms with Crippen LogP contribution in [0.4, 0.5) is 10.1 Å². The number of halogens is 1. The number of hydrogen-bond donors (Lipinski definition) is 1. The van der Waals surface area contributed by atoms with Crippen molar-refractivity contribution >= 4 is 5.69 Å². The third-order valence-corrected chi connectivity index (χ3v) is 2.72. The molecule has 0 amide bonds. The van der Waals surface area contributed by atoms with Crippen molar-refractivity contribution in [2.45, 2.75) is 33.2 Å². The quantitative estimate of drug-likeness (QED) is 0.773. The topological polar surface area (TPSA) is 12.0 Å². The Morgan fingerprint density at radius 3 is 2.64 bits per heavy atom. The van der Waals surface area contributed by atoms with Crippen molar-refractivity contribution in [1.82, 2.24) is 0 Å². The Hall–Kier alpha value is -1.05. The van der Waals surface area contributed by atoms with Crippen LogP contribution in [0, 0.1) is 11.7 Å². The summed E-state index contributed by atoms with van der Waals surface area (Å²) in [4.78, 5) is 0. The number of benzene rings is 1. The molecule has 0 bridgehead atoms. The second-order valence-electron chi connectivity index (χ2n) is 3.83. The van der Waals surface area contributed by atoms with Gasteiger partial charge in [-0.2, -0.15) is 0 Å². The standard InChI is InChI=1S/C12H18FN/c1-4-9(2)10(3)14-12-7-5-6-11(13)8-12/h5-10,14H,4H2,1-3H3. The second-order valence-corrected chi connectivity index (χ2v) is 3.83. The summed E-state index contributed by atoms with van der Waals surface area (Å²) in [6.45, 7) is 6.48. The van der Waals surface area contributed by atoms with Crippen LogP contribution in [0.1, 0.15) is 27.2 Å². The molecule has 2 heteroatoms. The molecule has 1 aromatic carbocycles. The van der Waals surface area contributed by atoms with Gasteiger partial charge in [-0.25, -0.2) is 4.39 Å². The van der Waals surface area contributed by atoms with Crippen molar-refractivity contribution in [3.8, 4) is 0 Å². The fourth-order valence-corrected chi connectivity index (χ4v) is 1.34. The van der Waals surface area contributed by atoms with E-state index in [1.807, 2.05) is 6.07 Å². The van der Waals surface area contributed by atoms with Gasteiger partial charge in [-0.05, 0) is 31.0 Å². The third-order valence-electron chi connectivity index (χ3n) is 2.72. The van der Waals surface area contributed by atoms with Gasteiger partial charge >= 0.3 is 0 Å². The maximum atomic E-state index is 12.9. The molecule has 2 unspecified atom stereocenters. The summed E-state index contributed by atoms with van der Waals surface area (Å²) in [5.41, 5.74) is 0.859. The van der Waals surface area contributed by atoms with Gasteiger partial charge in [-0.3, -0.25) is 0 Å². The number of hydrogen-bond acceptors (Lipinski definition) is 1. The molecule has 0 aliphatic rings. The lowest BCUT2D eigenvalue weighted by atomic mass is 10.0. The minimum absolute atomic E-state index is 0.189. The van der Waals surface area contributed by atoms with Crippen LogP contribution in [0.15, 0.2) is 24.3 Å². The highest BCUT2D eigenvalue weighted by atomic mass is 19.1. The molecule has 78 valence electrons. The molecule has 0 spiro atoms. The average Bonchev–Trinajstić information content (AvgIpc) is 2.16. The van der Waals surface area contributed by atoms with Crippen LogP contribution in [0.25, 0.3) is 0 Å². The first-order valence-electron chi connectivity index (χ1n) is 5.15. The molecule has 0 aromatic heterocycles. The molecule has 1 rings (SSSR count). The van der Waals surface area contributed by atoms with Gasteiger partial charge in [0, 0.05) is 11.7 Å². The summed E-state index contributed by atoms with van der Waals surface area (Å²) < 4.78 is 12.9. The van der Waals surface area contributed by atoms with E-state index in [1.165, 1.54) is 12.1 Å². The Morgan fingerprint density at radius 1 is 1.36 bits per heavy atom.